The van der Waals surface area contributed by atoms with Gasteiger partial charge in [-0.25, -0.2) is 13.8 Å². The quantitative estimate of drug-likeness (QED) is 0.512. The average molecular weight is 309 g/mol. The lowest BCUT2D eigenvalue weighted by molar-refractivity contribution is -0.274. The van der Waals surface area contributed by atoms with Gasteiger partial charge in [-0.05, 0) is 24.3 Å². The van der Waals surface area contributed by atoms with E-state index >= 15 is 0 Å². The van der Waals surface area contributed by atoms with Crippen LogP contribution in [-0.4, -0.2) is 24.3 Å². The highest BCUT2D eigenvalue weighted by molar-refractivity contribution is 5.92. The summed E-state index contributed by atoms with van der Waals surface area (Å²) in [4.78, 5) is 3.85. The molecule has 1 aliphatic carbocycles. The van der Waals surface area contributed by atoms with Crippen LogP contribution in [0.15, 0.2) is 29.3 Å². The molecule has 0 unspecified atom stereocenters. The van der Waals surface area contributed by atoms with Crippen LogP contribution in [-0.2, 0) is 0 Å². The van der Waals surface area contributed by atoms with Gasteiger partial charge in [0, 0.05) is 18.5 Å². The van der Waals surface area contributed by atoms with Crippen molar-refractivity contribution in [3.8, 4) is 5.75 Å². The van der Waals surface area contributed by atoms with Gasteiger partial charge in [0.05, 0.1) is 6.04 Å². The zero-order chi connectivity index (χ0) is 15.7. The van der Waals surface area contributed by atoms with E-state index in [0.29, 0.717) is 5.69 Å². The molecule has 4 nitrogen and oxygen atoms in total. The zero-order valence-corrected chi connectivity index (χ0v) is 10.6. The number of hydrogen-bond acceptors (Lipinski definition) is 2. The Hall–Kier alpha value is -2.06. The topological polar surface area (TPSA) is 59.6 Å². The predicted molar refractivity (Wildman–Crippen MR) is 66.3 cm³/mol. The summed E-state index contributed by atoms with van der Waals surface area (Å²) in [5.41, 5.74) is 5.90. The standard InChI is InChI=1S/C12H12F5N3O/c13-11(14)5-8(6-11)20-10(18)19-7-1-3-9(4-2-7)21-12(15,16)17/h1-4,8H,5-6H2,(H3,18,19,20). The molecule has 0 amide bonds. The molecule has 1 aromatic rings. The third kappa shape index (κ3) is 4.76. The first-order chi connectivity index (χ1) is 9.63. The lowest BCUT2D eigenvalue weighted by atomic mass is 9.89. The number of nitrogens with zero attached hydrogens (tertiary/aromatic N) is 1. The minimum Gasteiger partial charge on any atom is -0.406 e. The fraction of sp³-hybridized carbons (Fsp3) is 0.417. The number of anilines is 1. The Bertz CT molecular complexity index is 519. The van der Waals surface area contributed by atoms with Crippen LogP contribution >= 0.6 is 0 Å². The van der Waals surface area contributed by atoms with Crippen molar-refractivity contribution in [1.82, 2.24) is 0 Å². The summed E-state index contributed by atoms with van der Waals surface area (Å²) in [6.45, 7) is 0. The highest BCUT2D eigenvalue weighted by Gasteiger charge is 2.45. The Kier molecular flexibility index (Phi) is 3.93. The number of nitrogens with one attached hydrogen (secondary N) is 1. The molecule has 21 heavy (non-hydrogen) atoms. The number of benzene rings is 1. The molecule has 9 heteroatoms. The van der Waals surface area contributed by atoms with Crippen molar-refractivity contribution < 1.29 is 26.7 Å². The number of alkyl halides is 5. The Morgan fingerprint density at radius 2 is 1.81 bits per heavy atom. The monoisotopic (exact) mass is 309 g/mol. The largest absolute Gasteiger partial charge is 0.573 e. The predicted octanol–water partition coefficient (Wildman–Crippen LogP) is 3.11. The Labute approximate surface area is 116 Å². The molecular weight excluding hydrogens is 297 g/mol. The lowest BCUT2D eigenvalue weighted by Gasteiger charge is -2.32. The van der Waals surface area contributed by atoms with E-state index < -0.39 is 18.3 Å². The van der Waals surface area contributed by atoms with Crippen molar-refractivity contribution in [3.63, 3.8) is 0 Å². The Morgan fingerprint density at radius 1 is 1.24 bits per heavy atom. The van der Waals surface area contributed by atoms with E-state index in [-0.39, 0.29) is 24.6 Å². The molecule has 0 radical (unpaired) electrons. The minimum absolute atomic E-state index is 0.0695. The van der Waals surface area contributed by atoms with Crippen LogP contribution in [0, 0.1) is 0 Å². The number of halogens is 5. The first kappa shape index (κ1) is 15.3. The summed E-state index contributed by atoms with van der Waals surface area (Å²) in [7, 11) is 0. The average Bonchev–Trinajstić information content (AvgIpc) is 2.27. The van der Waals surface area contributed by atoms with Crippen molar-refractivity contribution in [2.75, 3.05) is 5.32 Å². The molecule has 0 bridgehead atoms. The molecule has 0 aromatic heterocycles. The molecule has 0 atom stereocenters. The van der Waals surface area contributed by atoms with E-state index in [2.05, 4.69) is 15.0 Å². The van der Waals surface area contributed by atoms with Crippen LogP contribution in [0.3, 0.4) is 0 Å². The highest BCUT2D eigenvalue weighted by atomic mass is 19.4. The summed E-state index contributed by atoms with van der Waals surface area (Å²) in [6.07, 6.45) is -5.47. The van der Waals surface area contributed by atoms with Gasteiger partial charge in [-0.2, -0.15) is 0 Å². The Balaban J connectivity index is 1.90. The zero-order valence-electron chi connectivity index (χ0n) is 10.6. The van der Waals surface area contributed by atoms with Crippen molar-refractivity contribution >= 4 is 11.6 Å². The maximum atomic E-state index is 12.6. The molecule has 2 rings (SSSR count). The fourth-order valence-corrected chi connectivity index (χ4v) is 1.84. The third-order valence-electron chi connectivity index (χ3n) is 2.75. The van der Waals surface area contributed by atoms with Gasteiger partial charge in [-0.15, -0.1) is 13.2 Å². The number of guanidine groups is 1. The molecule has 1 fully saturated rings. The molecule has 0 saturated heterocycles. The second-order valence-corrected chi connectivity index (χ2v) is 4.63. The fourth-order valence-electron chi connectivity index (χ4n) is 1.84. The van der Waals surface area contributed by atoms with Gasteiger partial charge in [-0.1, -0.05) is 0 Å². The van der Waals surface area contributed by atoms with Gasteiger partial charge in [0.2, 0.25) is 0 Å². The van der Waals surface area contributed by atoms with Crippen molar-refractivity contribution in [1.29, 1.82) is 0 Å². The van der Waals surface area contributed by atoms with Gasteiger partial charge in [0.1, 0.15) is 5.75 Å². The summed E-state index contributed by atoms with van der Waals surface area (Å²) in [6, 6.07) is 4.26. The third-order valence-corrected chi connectivity index (χ3v) is 2.75. The second-order valence-electron chi connectivity index (χ2n) is 4.63. The van der Waals surface area contributed by atoms with Crippen LogP contribution in [0.4, 0.5) is 27.6 Å². The molecule has 1 aliphatic rings. The van der Waals surface area contributed by atoms with Crippen LogP contribution in [0.1, 0.15) is 12.8 Å². The molecule has 0 heterocycles. The van der Waals surface area contributed by atoms with E-state index in [9.17, 15) is 22.0 Å². The van der Waals surface area contributed by atoms with Gasteiger partial charge in [0.15, 0.2) is 5.96 Å². The molecule has 3 N–H and O–H groups in total. The van der Waals surface area contributed by atoms with Crippen LogP contribution in [0.2, 0.25) is 0 Å². The number of nitrogens with two attached hydrogens (primary N) is 1. The van der Waals surface area contributed by atoms with Crippen molar-refractivity contribution in [2.24, 2.45) is 10.7 Å². The first-order valence-corrected chi connectivity index (χ1v) is 5.97. The SMILES string of the molecule is NC(=NC1CC(F)(F)C1)Nc1ccc(OC(F)(F)F)cc1. The smallest absolute Gasteiger partial charge is 0.406 e. The molecule has 0 spiro atoms. The molecule has 1 saturated carbocycles. The van der Waals surface area contributed by atoms with Gasteiger partial charge < -0.3 is 15.8 Å². The van der Waals surface area contributed by atoms with Crippen LogP contribution in [0.5, 0.6) is 5.75 Å². The first-order valence-electron chi connectivity index (χ1n) is 5.97. The number of aliphatic imine (C=N–C) groups is 1. The molecule has 1 aromatic carbocycles. The Morgan fingerprint density at radius 3 is 2.29 bits per heavy atom. The van der Waals surface area contributed by atoms with Crippen LogP contribution < -0.4 is 15.8 Å². The van der Waals surface area contributed by atoms with Gasteiger partial charge >= 0.3 is 6.36 Å². The summed E-state index contributed by atoms with van der Waals surface area (Å²) >= 11 is 0. The number of rotatable bonds is 3. The molecule has 0 aliphatic heterocycles. The van der Waals surface area contributed by atoms with E-state index in [1.807, 2.05) is 0 Å². The summed E-state index contributed by atoms with van der Waals surface area (Å²) < 4.78 is 64.8. The lowest BCUT2D eigenvalue weighted by Crippen LogP contribution is -2.40. The van der Waals surface area contributed by atoms with Gasteiger partial charge in [0.25, 0.3) is 5.92 Å². The maximum absolute atomic E-state index is 12.6. The van der Waals surface area contributed by atoms with Crippen molar-refractivity contribution in [2.45, 2.75) is 31.2 Å². The summed E-state index contributed by atoms with van der Waals surface area (Å²) in [5.74, 6) is -3.13. The highest BCUT2D eigenvalue weighted by Crippen LogP contribution is 2.39. The van der Waals surface area contributed by atoms with Gasteiger partial charge in [-0.3, -0.25) is 0 Å². The number of hydrogen-bond donors (Lipinski definition) is 2. The van der Waals surface area contributed by atoms with Crippen molar-refractivity contribution in [3.05, 3.63) is 24.3 Å². The number of ether oxygens (including phenoxy) is 1. The maximum Gasteiger partial charge on any atom is 0.573 e. The van der Waals surface area contributed by atoms with E-state index in [1.165, 1.54) is 12.1 Å². The van der Waals surface area contributed by atoms with Crippen LogP contribution in [0.25, 0.3) is 0 Å². The second kappa shape index (κ2) is 5.38. The normalized spacial score (nSPS) is 19.0. The molecule has 116 valence electrons. The van der Waals surface area contributed by atoms with E-state index in [1.54, 1.807) is 0 Å². The molecular formula is C12H12F5N3O. The van der Waals surface area contributed by atoms with E-state index in [0.717, 1.165) is 12.1 Å². The minimum atomic E-state index is -4.76. The summed E-state index contributed by atoms with van der Waals surface area (Å²) in [5, 5.41) is 2.60. The van der Waals surface area contributed by atoms with E-state index in [4.69, 9.17) is 5.73 Å².